The van der Waals surface area contributed by atoms with Gasteiger partial charge in [0.1, 0.15) is 16.7 Å². The van der Waals surface area contributed by atoms with Crippen molar-refractivity contribution in [1.82, 2.24) is 14.1 Å². The van der Waals surface area contributed by atoms with E-state index in [2.05, 4.69) is 4.90 Å². The first-order valence-electron chi connectivity index (χ1n) is 13.4. The summed E-state index contributed by atoms with van der Waals surface area (Å²) in [6.45, 7) is 6.73. The van der Waals surface area contributed by atoms with Crippen molar-refractivity contribution < 1.29 is 27.8 Å². The van der Waals surface area contributed by atoms with Crippen molar-refractivity contribution in [3.63, 3.8) is 0 Å². The Hall–Kier alpha value is -2.76. The highest BCUT2D eigenvalue weighted by molar-refractivity contribution is 7.89. The number of carbonyl (C=O) groups is 1. The van der Waals surface area contributed by atoms with Crippen LogP contribution in [0.3, 0.4) is 0 Å². The fraction of sp³-hybridized carbons (Fsp3) is 0.483. The predicted molar refractivity (Wildman–Crippen MR) is 151 cm³/mol. The maximum atomic E-state index is 13.7. The van der Waals surface area contributed by atoms with Crippen molar-refractivity contribution in [3.8, 4) is 5.75 Å². The summed E-state index contributed by atoms with van der Waals surface area (Å²) < 4.78 is 40.6. The molecule has 3 atom stereocenters. The second-order valence-electron chi connectivity index (χ2n) is 10.4. The van der Waals surface area contributed by atoms with Crippen LogP contribution in [-0.4, -0.2) is 105 Å². The molecule has 1 N–H and O–H groups in total. The highest BCUT2D eigenvalue weighted by Crippen LogP contribution is 2.34. The van der Waals surface area contributed by atoms with Gasteiger partial charge in [-0.1, -0.05) is 55.5 Å². The lowest BCUT2D eigenvalue weighted by molar-refractivity contribution is -0.133. The molecule has 0 saturated carbocycles. The van der Waals surface area contributed by atoms with E-state index in [0.717, 1.165) is 11.1 Å². The van der Waals surface area contributed by atoms with E-state index < -0.39 is 22.2 Å². The molecular weight excluding hydrogens is 518 g/mol. The van der Waals surface area contributed by atoms with Crippen molar-refractivity contribution >= 4 is 28.1 Å². The van der Waals surface area contributed by atoms with Gasteiger partial charge in [-0.3, -0.25) is 9.69 Å². The van der Waals surface area contributed by atoms with Crippen molar-refractivity contribution in [1.29, 1.82) is 0 Å². The van der Waals surface area contributed by atoms with Crippen LogP contribution >= 0.6 is 0 Å². The number of nitrogens with zero attached hydrogens (tertiary/aromatic N) is 3. The number of hydrogen-bond donors (Lipinski definition) is 1. The molecule has 2 heterocycles. The largest absolute Gasteiger partial charge is 0.487 e. The van der Waals surface area contributed by atoms with Crippen LogP contribution in [-0.2, 0) is 19.6 Å². The molecule has 0 unspecified atom stereocenters. The molecule has 0 spiro atoms. The average Bonchev–Trinajstić information content (AvgIpc) is 2.94. The molecule has 0 bridgehead atoms. The number of morpholine rings is 1. The summed E-state index contributed by atoms with van der Waals surface area (Å²) in [7, 11) is -2.18. The number of aliphatic hydroxyl groups excluding tert-OH is 1. The number of hydrogen-bond acceptors (Lipinski definition) is 7. The normalized spacial score (nSPS) is 22.9. The summed E-state index contributed by atoms with van der Waals surface area (Å²) in [5.41, 5.74) is 1.81. The molecule has 1 saturated heterocycles. The van der Waals surface area contributed by atoms with Gasteiger partial charge in [0.05, 0.1) is 32.9 Å². The molecular formula is C29H39N3O6S. The van der Waals surface area contributed by atoms with Gasteiger partial charge in [-0.15, -0.1) is 0 Å². The number of amides is 1. The SMILES string of the molecule is C[C@H](CO)N1C[C@H](C)[C@H](CN(C)C(=O)CN2CCOCC2)Oc2cc(/C=C/c3ccccc3)ccc2S1(=O)=O. The maximum Gasteiger partial charge on any atom is 0.247 e. The van der Waals surface area contributed by atoms with Gasteiger partial charge >= 0.3 is 0 Å². The first-order chi connectivity index (χ1) is 18.7. The van der Waals surface area contributed by atoms with E-state index in [1.807, 2.05) is 49.4 Å². The minimum absolute atomic E-state index is 0.0252. The Morgan fingerprint density at radius 3 is 2.51 bits per heavy atom. The Kier molecular flexibility index (Phi) is 9.79. The van der Waals surface area contributed by atoms with Crippen molar-refractivity contribution in [3.05, 3.63) is 59.7 Å². The van der Waals surface area contributed by atoms with E-state index in [4.69, 9.17) is 9.47 Å². The Balaban J connectivity index is 1.62. The van der Waals surface area contributed by atoms with Crippen molar-refractivity contribution in [2.75, 3.05) is 59.6 Å². The molecule has 1 fully saturated rings. The third-order valence-corrected chi connectivity index (χ3v) is 9.32. The predicted octanol–water partition coefficient (Wildman–Crippen LogP) is 2.42. The quantitative estimate of drug-likeness (QED) is 0.498. The second-order valence-corrected chi connectivity index (χ2v) is 12.2. The van der Waals surface area contributed by atoms with Crippen LogP contribution in [0.2, 0.25) is 0 Å². The summed E-state index contributed by atoms with van der Waals surface area (Å²) >= 11 is 0. The third kappa shape index (κ3) is 7.26. The summed E-state index contributed by atoms with van der Waals surface area (Å²) in [6, 6.07) is 14.3. The molecule has 0 aromatic heterocycles. The molecule has 212 valence electrons. The third-order valence-electron chi connectivity index (χ3n) is 7.30. The Morgan fingerprint density at radius 1 is 1.13 bits per heavy atom. The smallest absolute Gasteiger partial charge is 0.247 e. The highest BCUT2D eigenvalue weighted by atomic mass is 32.2. The van der Waals surface area contributed by atoms with Gasteiger partial charge in [0.25, 0.3) is 0 Å². The van der Waals surface area contributed by atoms with Gasteiger partial charge in [-0.2, -0.15) is 4.31 Å². The topological polar surface area (TPSA) is 99.6 Å². The molecule has 1 amide bonds. The number of carbonyl (C=O) groups excluding carboxylic acids is 1. The van der Waals surface area contributed by atoms with Gasteiger partial charge in [0.2, 0.25) is 15.9 Å². The van der Waals surface area contributed by atoms with Gasteiger partial charge in [0.15, 0.2) is 0 Å². The molecule has 9 nitrogen and oxygen atoms in total. The molecule has 10 heteroatoms. The fourth-order valence-electron chi connectivity index (χ4n) is 4.76. The summed E-state index contributed by atoms with van der Waals surface area (Å²) in [5, 5.41) is 9.86. The van der Waals surface area contributed by atoms with E-state index in [1.54, 1.807) is 37.1 Å². The number of fused-ring (bicyclic) bond motifs is 1. The zero-order chi connectivity index (χ0) is 28.0. The highest BCUT2D eigenvalue weighted by Gasteiger charge is 2.38. The standard InChI is InChI=1S/C29H39N3O6S/c1-22-18-32(23(2)21-33)39(35,36)28-12-11-25(10-9-24-7-5-4-6-8-24)17-26(28)38-27(22)19-30(3)29(34)20-31-13-15-37-16-14-31/h4-12,17,22-23,27,33H,13-16,18-21H2,1-3H3/b10-9+/t22-,23+,27-/m0/s1. The first kappa shape index (κ1) is 29.2. The summed E-state index contributed by atoms with van der Waals surface area (Å²) in [4.78, 5) is 16.8. The van der Waals surface area contributed by atoms with Crippen LogP contribution in [0, 0.1) is 5.92 Å². The fourth-order valence-corrected chi connectivity index (χ4v) is 6.59. The Bertz CT molecular complexity index is 1250. The van der Waals surface area contributed by atoms with E-state index >= 15 is 0 Å². The molecule has 0 radical (unpaired) electrons. The lowest BCUT2D eigenvalue weighted by Gasteiger charge is -2.38. The monoisotopic (exact) mass is 557 g/mol. The molecule has 0 aliphatic carbocycles. The minimum Gasteiger partial charge on any atom is -0.487 e. The van der Waals surface area contributed by atoms with Crippen LogP contribution in [0.1, 0.15) is 25.0 Å². The number of sulfonamides is 1. The Morgan fingerprint density at radius 2 is 1.82 bits per heavy atom. The van der Waals surface area contributed by atoms with Crippen LogP contribution in [0.25, 0.3) is 12.2 Å². The second kappa shape index (κ2) is 13.1. The zero-order valence-corrected chi connectivity index (χ0v) is 23.7. The number of likely N-dealkylation sites (N-methyl/N-ethyl adjacent to an activating group) is 1. The van der Waals surface area contributed by atoms with Gasteiger partial charge < -0.3 is 19.5 Å². The van der Waals surface area contributed by atoms with Crippen molar-refractivity contribution in [2.24, 2.45) is 5.92 Å². The molecule has 2 aromatic carbocycles. The van der Waals surface area contributed by atoms with Gasteiger partial charge in [0, 0.05) is 38.6 Å². The number of ether oxygens (including phenoxy) is 2. The molecule has 2 aromatic rings. The van der Waals surface area contributed by atoms with E-state index in [0.29, 0.717) is 39.4 Å². The molecule has 2 aliphatic rings. The summed E-state index contributed by atoms with van der Waals surface area (Å²) in [6.07, 6.45) is 3.41. The minimum atomic E-state index is -3.93. The Labute approximate surface area is 231 Å². The maximum absolute atomic E-state index is 13.7. The van der Waals surface area contributed by atoms with Crippen molar-refractivity contribution in [2.45, 2.75) is 30.9 Å². The van der Waals surface area contributed by atoms with Crippen LogP contribution in [0.15, 0.2) is 53.4 Å². The number of aliphatic hydroxyl groups is 1. The number of benzene rings is 2. The van der Waals surface area contributed by atoms with Crippen LogP contribution in [0.5, 0.6) is 5.75 Å². The van der Waals surface area contributed by atoms with Crippen LogP contribution in [0.4, 0.5) is 0 Å². The van der Waals surface area contributed by atoms with E-state index in [-0.39, 0.29) is 35.6 Å². The van der Waals surface area contributed by atoms with Crippen LogP contribution < -0.4 is 4.74 Å². The van der Waals surface area contributed by atoms with Gasteiger partial charge in [-0.05, 0) is 30.2 Å². The number of rotatable bonds is 8. The summed E-state index contributed by atoms with van der Waals surface area (Å²) in [5.74, 6) is -0.0299. The molecule has 4 rings (SSSR count). The van der Waals surface area contributed by atoms with E-state index in [9.17, 15) is 18.3 Å². The lowest BCUT2D eigenvalue weighted by atomic mass is 10.0. The molecule has 39 heavy (non-hydrogen) atoms. The average molecular weight is 558 g/mol. The first-order valence-corrected chi connectivity index (χ1v) is 14.8. The lowest BCUT2D eigenvalue weighted by Crippen LogP contribution is -2.51. The van der Waals surface area contributed by atoms with E-state index in [1.165, 1.54) is 4.31 Å². The zero-order valence-electron chi connectivity index (χ0n) is 22.9. The molecule has 2 aliphatic heterocycles. The van der Waals surface area contributed by atoms with Gasteiger partial charge in [-0.25, -0.2) is 8.42 Å².